The topological polar surface area (TPSA) is 110 Å². The number of carbonyl (C=O) groups is 2. The zero-order valence-corrected chi connectivity index (χ0v) is 25.1. The van der Waals surface area contributed by atoms with Crippen LogP contribution in [-0.2, 0) is 27.2 Å². The Bertz CT molecular complexity index is 1170. The first-order chi connectivity index (χ1) is 19.7. The summed E-state index contributed by atoms with van der Waals surface area (Å²) in [6, 6.07) is 8.23. The maximum atomic E-state index is 12.2. The quantitative estimate of drug-likeness (QED) is 0.175. The van der Waals surface area contributed by atoms with Crippen molar-refractivity contribution in [3.8, 4) is 28.7 Å². The van der Waals surface area contributed by atoms with Crippen LogP contribution in [0.4, 0.5) is 0 Å². The third kappa shape index (κ3) is 7.97. The Balaban J connectivity index is 1.84. The van der Waals surface area contributed by atoms with Crippen molar-refractivity contribution in [2.45, 2.75) is 51.0 Å². The lowest BCUT2D eigenvalue weighted by atomic mass is 9.86. The number of fused-ring (bicyclic) bond motifs is 1. The molecule has 0 saturated heterocycles. The molecule has 10 nitrogen and oxygen atoms in total. The fourth-order valence-corrected chi connectivity index (χ4v) is 5.63. The summed E-state index contributed by atoms with van der Waals surface area (Å²) in [5.74, 6) is 2.03. The number of methoxy groups -OCH3 is 5. The lowest BCUT2D eigenvalue weighted by Crippen LogP contribution is -2.52. The van der Waals surface area contributed by atoms with Crippen LogP contribution >= 0.6 is 0 Å². The van der Waals surface area contributed by atoms with Crippen molar-refractivity contribution in [2.75, 3.05) is 62.3 Å². The van der Waals surface area contributed by atoms with Crippen LogP contribution in [0, 0.1) is 0 Å². The summed E-state index contributed by atoms with van der Waals surface area (Å²) in [6.07, 6.45) is 3.56. The van der Waals surface area contributed by atoms with Gasteiger partial charge in [0.1, 0.15) is 6.04 Å². The molecule has 1 N–H and O–H groups in total. The molecule has 2 aromatic carbocycles. The molecule has 0 spiro atoms. The first kappa shape index (κ1) is 31.9. The number of nitrogens with zero attached hydrogens (tertiary/aromatic N) is 1. The van der Waals surface area contributed by atoms with E-state index in [2.05, 4.69) is 19.2 Å². The SMILES string of the molecule is COc1cc2c(cc1OC)[C@@H](Cc1cc(OC)c(OC)c(OC)c1)[N@+](C)(CCCOC(=O)CCCCC(=O)O)CC2. The second-order valence-corrected chi connectivity index (χ2v) is 10.5. The van der Waals surface area contributed by atoms with E-state index in [0.29, 0.717) is 61.0 Å². The summed E-state index contributed by atoms with van der Waals surface area (Å²) in [5.41, 5.74) is 3.47. The van der Waals surface area contributed by atoms with Crippen molar-refractivity contribution >= 4 is 11.9 Å². The van der Waals surface area contributed by atoms with Gasteiger partial charge in [-0.1, -0.05) is 0 Å². The third-order valence-corrected chi connectivity index (χ3v) is 7.90. The number of likely N-dealkylation sites (N-methyl/N-ethyl adjacent to an activating group) is 1. The Labute approximate surface area is 242 Å². The number of unbranched alkanes of at least 4 members (excludes halogenated alkanes) is 1. The van der Waals surface area contributed by atoms with E-state index in [1.54, 1.807) is 35.5 Å². The van der Waals surface area contributed by atoms with Crippen molar-refractivity contribution in [2.24, 2.45) is 0 Å². The summed E-state index contributed by atoms with van der Waals surface area (Å²) in [7, 11) is 10.4. The highest BCUT2D eigenvalue weighted by atomic mass is 16.5. The average molecular weight is 575 g/mol. The molecule has 0 bridgehead atoms. The fourth-order valence-electron chi connectivity index (χ4n) is 5.63. The number of ether oxygens (including phenoxy) is 6. The van der Waals surface area contributed by atoms with Crippen molar-refractivity contribution in [3.63, 3.8) is 0 Å². The normalized spacial score (nSPS) is 17.8. The second-order valence-electron chi connectivity index (χ2n) is 10.5. The standard InChI is InChI=1S/C31H43NO9/c1-32(13-9-15-41-30(35)11-8-7-10-29(33)34)14-12-22-19-25(36-2)26(37-3)20-23(22)24(32)16-21-17-27(38-4)31(40-6)28(18-21)39-5/h17-20,24H,7-16H2,1-6H3/p+1/t24-,32-/m1/s1. The van der Waals surface area contributed by atoms with Crippen molar-refractivity contribution in [3.05, 3.63) is 41.0 Å². The fraction of sp³-hybridized carbons (Fsp3) is 0.548. The highest BCUT2D eigenvalue weighted by Gasteiger charge is 2.40. The van der Waals surface area contributed by atoms with Crippen LogP contribution in [0.3, 0.4) is 0 Å². The Morgan fingerprint density at radius 2 is 1.44 bits per heavy atom. The molecule has 0 aromatic heterocycles. The second kappa shape index (κ2) is 14.8. The van der Waals surface area contributed by atoms with Crippen LogP contribution in [0.2, 0.25) is 0 Å². The van der Waals surface area contributed by atoms with E-state index in [4.69, 9.17) is 33.5 Å². The van der Waals surface area contributed by atoms with Gasteiger partial charge in [0, 0.05) is 37.7 Å². The average Bonchev–Trinajstić information content (AvgIpc) is 2.97. The Morgan fingerprint density at radius 3 is 2.02 bits per heavy atom. The van der Waals surface area contributed by atoms with E-state index in [1.807, 2.05) is 12.1 Å². The molecule has 10 heteroatoms. The number of rotatable bonds is 16. The minimum absolute atomic E-state index is 0.0641. The Kier molecular flexibility index (Phi) is 11.5. The van der Waals surface area contributed by atoms with Crippen LogP contribution < -0.4 is 23.7 Å². The molecule has 3 rings (SSSR count). The Morgan fingerprint density at radius 1 is 0.829 bits per heavy atom. The van der Waals surface area contributed by atoms with Gasteiger partial charge in [-0.3, -0.25) is 9.59 Å². The number of carboxylic acid groups (broad SMARTS) is 1. The van der Waals surface area contributed by atoms with Crippen LogP contribution in [0.5, 0.6) is 28.7 Å². The minimum Gasteiger partial charge on any atom is -0.493 e. The van der Waals surface area contributed by atoms with Crippen LogP contribution in [0.15, 0.2) is 24.3 Å². The molecule has 1 aliphatic rings. The van der Waals surface area contributed by atoms with Crippen molar-refractivity contribution in [1.29, 1.82) is 0 Å². The third-order valence-electron chi connectivity index (χ3n) is 7.90. The summed E-state index contributed by atoms with van der Waals surface area (Å²) < 4.78 is 34.3. The summed E-state index contributed by atoms with van der Waals surface area (Å²) >= 11 is 0. The van der Waals surface area contributed by atoms with Gasteiger partial charge in [-0.15, -0.1) is 0 Å². The van der Waals surface area contributed by atoms with Gasteiger partial charge in [0.15, 0.2) is 23.0 Å². The molecule has 1 aliphatic heterocycles. The van der Waals surface area contributed by atoms with Gasteiger partial charge in [0.25, 0.3) is 0 Å². The maximum Gasteiger partial charge on any atom is 0.305 e. The van der Waals surface area contributed by atoms with Crippen LogP contribution in [0.25, 0.3) is 0 Å². The number of quaternary nitrogens is 1. The smallest absolute Gasteiger partial charge is 0.305 e. The van der Waals surface area contributed by atoms with Crippen molar-refractivity contribution < 1.29 is 47.6 Å². The lowest BCUT2D eigenvalue weighted by molar-refractivity contribution is -0.941. The van der Waals surface area contributed by atoms with E-state index < -0.39 is 5.97 Å². The zero-order chi connectivity index (χ0) is 30.0. The van der Waals surface area contributed by atoms with Gasteiger partial charge in [0.2, 0.25) is 5.75 Å². The van der Waals surface area contributed by atoms with E-state index in [1.165, 1.54) is 11.1 Å². The van der Waals surface area contributed by atoms with E-state index in [-0.39, 0.29) is 24.9 Å². The highest BCUT2D eigenvalue weighted by Crippen LogP contribution is 2.44. The Hall–Kier alpha value is -3.66. The molecular weight excluding hydrogens is 530 g/mol. The summed E-state index contributed by atoms with van der Waals surface area (Å²) in [5, 5.41) is 8.76. The first-order valence-corrected chi connectivity index (χ1v) is 13.9. The molecule has 0 fully saturated rings. The molecule has 0 radical (unpaired) electrons. The van der Waals surface area contributed by atoms with E-state index in [9.17, 15) is 9.59 Å². The molecule has 0 amide bonds. The minimum atomic E-state index is -0.851. The summed E-state index contributed by atoms with van der Waals surface area (Å²) in [6.45, 7) is 2.02. The van der Waals surface area contributed by atoms with Gasteiger partial charge < -0.3 is 38.0 Å². The van der Waals surface area contributed by atoms with Gasteiger partial charge in [-0.2, -0.15) is 0 Å². The molecule has 0 saturated carbocycles. The largest absolute Gasteiger partial charge is 0.493 e. The van der Waals surface area contributed by atoms with Crippen LogP contribution in [-0.4, -0.2) is 83.8 Å². The molecule has 2 atom stereocenters. The molecule has 2 aromatic rings. The molecule has 0 aliphatic carbocycles. The van der Waals surface area contributed by atoms with Crippen molar-refractivity contribution in [1.82, 2.24) is 0 Å². The number of carboxylic acids is 1. The van der Waals surface area contributed by atoms with Gasteiger partial charge in [-0.05, 0) is 48.2 Å². The first-order valence-electron chi connectivity index (χ1n) is 13.9. The zero-order valence-electron chi connectivity index (χ0n) is 25.1. The van der Waals surface area contributed by atoms with Gasteiger partial charge in [0.05, 0.1) is 62.3 Å². The maximum absolute atomic E-state index is 12.2. The number of hydrogen-bond donors (Lipinski definition) is 1. The predicted octanol–water partition coefficient (Wildman–Crippen LogP) is 4.59. The predicted molar refractivity (Wildman–Crippen MR) is 153 cm³/mol. The van der Waals surface area contributed by atoms with E-state index in [0.717, 1.165) is 29.6 Å². The van der Waals surface area contributed by atoms with E-state index >= 15 is 0 Å². The molecule has 1 heterocycles. The highest BCUT2D eigenvalue weighted by molar-refractivity contribution is 5.69. The number of esters is 1. The summed E-state index contributed by atoms with van der Waals surface area (Å²) in [4.78, 5) is 22.8. The molecule has 41 heavy (non-hydrogen) atoms. The lowest BCUT2D eigenvalue weighted by Gasteiger charge is -2.46. The number of benzene rings is 2. The number of aliphatic carboxylic acids is 1. The van der Waals surface area contributed by atoms with Crippen LogP contribution in [0.1, 0.15) is 54.8 Å². The molecule has 226 valence electrons. The monoisotopic (exact) mass is 574 g/mol. The number of hydrogen-bond acceptors (Lipinski definition) is 8. The number of carbonyl (C=O) groups excluding carboxylic acids is 1. The van der Waals surface area contributed by atoms with Gasteiger partial charge in [-0.25, -0.2) is 0 Å². The molecule has 0 unspecified atom stereocenters. The molecular formula is C31H44NO9+. The van der Waals surface area contributed by atoms with Gasteiger partial charge >= 0.3 is 11.9 Å².